The maximum atomic E-state index is 14.0. The minimum absolute atomic E-state index is 0.187. The molecule has 0 atom stereocenters. The summed E-state index contributed by atoms with van der Waals surface area (Å²) in [7, 11) is 0. The molecule has 19 heteroatoms. The van der Waals surface area contributed by atoms with Crippen LogP contribution in [0.25, 0.3) is 22.1 Å². The Morgan fingerprint density at radius 3 is 1.90 bits per heavy atom. The maximum Gasteiger partial charge on any atom is 0.404 e. The highest BCUT2D eigenvalue weighted by Crippen LogP contribution is 2.25. The van der Waals surface area contributed by atoms with Crippen LogP contribution in [-0.4, -0.2) is 80.0 Å². The highest BCUT2D eigenvalue weighted by molar-refractivity contribution is 6.05. The van der Waals surface area contributed by atoms with Crippen LogP contribution in [0.15, 0.2) is 42.5 Å². The number of benzene rings is 2. The minimum atomic E-state index is -1.14. The van der Waals surface area contributed by atoms with E-state index in [4.69, 9.17) is 16.6 Å². The molecule has 0 aliphatic carbocycles. The lowest BCUT2D eigenvalue weighted by molar-refractivity contribution is 0.0992. The van der Waals surface area contributed by atoms with Crippen LogP contribution in [0.1, 0.15) is 105 Å². The first-order chi connectivity index (χ1) is 28.3. The summed E-state index contributed by atoms with van der Waals surface area (Å²) in [6.07, 6.45) is 2.90. The van der Waals surface area contributed by atoms with Gasteiger partial charge in [-0.25, -0.2) is 14.8 Å². The zero-order valence-corrected chi connectivity index (χ0v) is 33.5. The van der Waals surface area contributed by atoms with E-state index in [0.717, 1.165) is 36.0 Å². The molecule has 0 saturated heterocycles. The Hall–Kier alpha value is -7.05. The van der Waals surface area contributed by atoms with Crippen molar-refractivity contribution in [2.75, 3.05) is 17.2 Å². The Labute approximate surface area is 339 Å². The van der Waals surface area contributed by atoms with Gasteiger partial charge in [-0.05, 0) is 95.3 Å². The molecule has 0 spiro atoms. The summed E-state index contributed by atoms with van der Waals surface area (Å²) < 4.78 is 7.04. The van der Waals surface area contributed by atoms with Crippen LogP contribution in [0.3, 0.4) is 0 Å². The molecule has 19 nitrogen and oxygen atoms in total. The summed E-state index contributed by atoms with van der Waals surface area (Å²) in [5.41, 5.74) is 17.1. The van der Waals surface area contributed by atoms with Gasteiger partial charge < -0.3 is 31.0 Å². The zero-order valence-electron chi connectivity index (χ0n) is 33.5. The van der Waals surface area contributed by atoms with E-state index in [-0.39, 0.29) is 24.0 Å². The molecule has 0 saturated carbocycles. The van der Waals surface area contributed by atoms with Gasteiger partial charge in [-0.3, -0.25) is 39.2 Å². The number of nitrogens with zero attached hydrogens (tertiary/aromatic N) is 8. The molecule has 0 aliphatic rings. The second kappa shape index (κ2) is 18.0. The van der Waals surface area contributed by atoms with Gasteiger partial charge in [0.05, 0.1) is 33.5 Å². The number of amides is 5. The first-order valence-electron chi connectivity index (χ1n) is 19.6. The lowest BCUT2D eigenvalue weighted by atomic mass is 10.0. The number of hydrogen-bond donors (Lipinski definition) is 6. The van der Waals surface area contributed by atoms with E-state index >= 15 is 0 Å². The topological polar surface area (TPSA) is 265 Å². The monoisotopic (exact) mass is 807 g/mol. The molecule has 0 radical (unpaired) electrons. The van der Waals surface area contributed by atoms with Gasteiger partial charge in [-0.15, -0.1) is 0 Å². The average Bonchev–Trinajstić information content (AvgIpc) is 3.93. The number of carboxylic acid groups (broad SMARTS) is 1. The normalized spacial score (nSPS) is 11.3. The second-order valence-electron chi connectivity index (χ2n) is 14.2. The van der Waals surface area contributed by atoms with Gasteiger partial charge in [0.15, 0.2) is 0 Å². The molecule has 59 heavy (non-hydrogen) atoms. The Morgan fingerprint density at radius 1 is 0.712 bits per heavy atom. The molecular weight excluding hydrogens is 759 g/mol. The van der Waals surface area contributed by atoms with Crippen molar-refractivity contribution >= 4 is 63.7 Å². The number of anilines is 2. The molecule has 0 bridgehead atoms. The van der Waals surface area contributed by atoms with Crippen molar-refractivity contribution in [2.45, 2.75) is 92.4 Å². The van der Waals surface area contributed by atoms with Crippen LogP contribution in [-0.2, 0) is 32.6 Å². The molecule has 4 heterocycles. The number of hydrogen-bond acceptors (Lipinski definition) is 9. The summed E-state index contributed by atoms with van der Waals surface area (Å²) in [6, 6.07) is 11.6. The summed E-state index contributed by atoms with van der Waals surface area (Å²) in [5, 5.41) is 26.5. The fourth-order valence-electron chi connectivity index (χ4n) is 7.23. The minimum Gasteiger partial charge on any atom is -0.465 e. The van der Waals surface area contributed by atoms with Crippen LogP contribution in [0.4, 0.5) is 16.7 Å². The Bertz CT molecular complexity index is 2560. The van der Waals surface area contributed by atoms with Crippen LogP contribution in [0.2, 0.25) is 0 Å². The van der Waals surface area contributed by atoms with Gasteiger partial charge in [0.1, 0.15) is 11.4 Å². The molecule has 6 rings (SSSR count). The molecule has 0 unspecified atom stereocenters. The predicted molar refractivity (Wildman–Crippen MR) is 221 cm³/mol. The molecule has 5 amide bonds. The average molecular weight is 808 g/mol. The first-order valence-corrected chi connectivity index (χ1v) is 19.6. The molecule has 0 aliphatic heterocycles. The second-order valence-corrected chi connectivity index (χ2v) is 14.2. The number of carbonyl (C=O) groups is 5. The van der Waals surface area contributed by atoms with E-state index in [0.29, 0.717) is 90.6 Å². The SMILES string of the molecule is CCCn1c(NC(=O)c2c(CCCCCn3nc(C)cc3C(=O)Nc3nc4cc(C(N)=O)ccc4n3CCCNC(=O)O)c(C)nn2CC)nc2cc(C(N)=O)ccc21. The highest BCUT2D eigenvalue weighted by atomic mass is 16.4. The van der Waals surface area contributed by atoms with Crippen molar-refractivity contribution in [1.82, 2.24) is 44.0 Å². The maximum absolute atomic E-state index is 14.0. The number of nitrogens with one attached hydrogen (secondary N) is 3. The van der Waals surface area contributed by atoms with Crippen molar-refractivity contribution in [3.63, 3.8) is 0 Å². The molecular formula is C40H49N13O6. The molecule has 8 N–H and O–H groups in total. The Kier molecular flexibility index (Phi) is 12.7. The largest absolute Gasteiger partial charge is 0.465 e. The number of aromatic nitrogens is 8. The molecule has 6 aromatic rings. The fourth-order valence-corrected chi connectivity index (χ4v) is 7.23. The molecule has 0 fully saturated rings. The summed E-state index contributed by atoms with van der Waals surface area (Å²) in [5.74, 6) is -1.32. The quantitative estimate of drug-likeness (QED) is 0.0620. The number of imidazole rings is 2. The number of primary amides is 2. The standard InChI is InChI=1S/C40H49N13O6/c1-5-17-50-30-14-12-25(34(41)54)21-28(30)45-39(50)47-37(57)33-27(24(4)49-52(33)6-2)11-8-7-9-19-53-32(20-23(3)48-53)36(56)46-38-44-29-22-26(35(42)55)13-15-31(29)51(38)18-10-16-43-40(58)59/h12-15,20-22,43H,5-11,16-19H2,1-4H3,(H2,41,54)(H2,42,55)(H,58,59)(H,44,46,56)(H,45,47,57). The van der Waals surface area contributed by atoms with E-state index < -0.39 is 23.8 Å². The van der Waals surface area contributed by atoms with Gasteiger partial charge in [-0.2, -0.15) is 10.2 Å². The van der Waals surface area contributed by atoms with Crippen molar-refractivity contribution in [3.8, 4) is 0 Å². The van der Waals surface area contributed by atoms with E-state index in [1.165, 1.54) is 0 Å². The van der Waals surface area contributed by atoms with Crippen molar-refractivity contribution in [3.05, 3.63) is 81.9 Å². The highest BCUT2D eigenvalue weighted by Gasteiger charge is 2.24. The Morgan fingerprint density at radius 2 is 1.32 bits per heavy atom. The van der Waals surface area contributed by atoms with E-state index in [2.05, 4.69) is 36.1 Å². The number of fused-ring (bicyclic) bond motifs is 2. The van der Waals surface area contributed by atoms with Gasteiger partial charge in [0.25, 0.3) is 11.8 Å². The lowest BCUT2D eigenvalue weighted by Crippen LogP contribution is -2.24. The van der Waals surface area contributed by atoms with Crippen molar-refractivity contribution in [1.29, 1.82) is 0 Å². The van der Waals surface area contributed by atoms with Crippen LogP contribution < -0.4 is 27.4 Å². The predicted octanol–water partition coefficient (Wildman–Crippen LogP) is 4.60. The van der Waals surface area contributed by atoms with Crippen LogP contribution >= 0.6 is 0 Å². The van der Waals surface area contributed by atoms with Crippen LogP contribution in [0.5, 0.6) is 0 Å². The number of aryl methyl sites for hydroxylation is 6. The number of nitrogens with two attached hydrogens (primary N) is 2. The van der Waals surface area contributed by atoms with Gasteiger partial charge in [0.2, 0.25) is 23.7 Å². The Balaban J connectivity index is 1.12. The number of rotatable bonds is 19. The summed E-state index contributed by atoms with van der Waals surface area (Å²) >= 11 is 0. The summed E-state index contributed by atoms with van der Waals surface area (Å²) in [4.78, 5) is 71.5. The van der Waals surface area contributed by atoms with E-state index in [9.17, 15) is 24.0 Å². The van der Waals surface area contributed by atoms with E-state index in [1.807, 2.05) is 25.3 Å². The molecule has 4 aromatic heterocycles. The van der Waals surface area contributed by atoms with Gasteiger partial charge in [-0.1, -0.05) is 13.3 Å². The van der Waals surface area contributed by atoms with Crippen LogP contribution in [0, 0.1) is 13.8 Å². The number of unbranched alkanes of at least 4 members (excludes halogenated alkanes) is 2. The number of carbonyl (C=O) groups excluding carboxylic acids is 4. The van der Waals surface area contributed by atoms with Gasteiger partial charge >= 0.3 is 6.09 Å². The smallest absolute Gasteiger partial charge is 0.404 e. The lowest BCUT2D eigenvalue weighted by Gasteiger charge is -2.12. The third-order valence-electron chi connectivity index (χ3n) is 10.00. The van der Waals surface area contributed by atoms with E-state index in [1.54, 1.807) is 63.3 Å². The summed E-state index contributed by atoms with van der Waals surface area (Å²) in [6.45, 7) is 9.74. The molecule has 2 aromatic carbocycles. The third kappa shape index (κ3) is 9.24. The zero-order chi connectivity index (χ0) is 42.4. The van der Waals surface area contributed by atoms with Crippen molar-refractivity contribution < 1.29 is 29.1 Å². The van der Waals surface area contributed by atoms with Gasteiger partial charge in [0, 0.05) is 49.4 Å². The fraction of sp³-hybridized carbons (Fsp3) is 0.375. The molecule has 310 valence electrons. The van der Waals surface area contributed by atoms with Crippen molar-refractivity contribution in [2.24, 2.45) is 11.5 Å². The first kappa shape index (κ1) is 41.6. The third-order valence-corrected chi connectivity index (χ3v) is 10.00.